The Kier molecular flexibility index (Phi) is 5.23. The first kappa shape index (κ1) is 14.4. The van der Waals surface area contributed by atoms with Gasteiger partial charge in [0, 0.05) is 12.6 Å². The lowest BCUT2D eigenvalue weighted by Crippen LogP contribution is -2.31. The predicted molar refractivity (Wildman–Crippen MR) is 79.6 cm³/mol. The minimum absolute atomic E-state index is 0.398. The monoisotopic (exact) mass is 262 g/mol. The average molecular weight is 262 g/mol. The van der Waals surface area contributed by atoms with Crippen LogP contribution >= 0.6 is 0 Å². The predicted octanol–water partition coefficient (Wildman–Crippen LogP) is 2.69. The van der Waals surface area contributed by atoms with Gasteiger partial charge in [0.1, 0.15) is 5.75 Å². The molecule has 0 heterocycles. The topological polar surface area (TPSA) is 24.5 Å². The van der Waals surface area contributed by atoms with Gasteiger partial charge in [-0.25, -0.2) is 0 Å². The van der Waals surface area contributed by atoms with E-state index < -0.39 is 0 Å². The van der Waals surface area contributed by atoms with Crippen molar-refractivity contribution in [1.82, 2.24) is 10.2 Å². The standard InChI is InChI=1S/C16H26N2O/c1-18(2)16(12-17-10-9-13-7-8-13)14-5-4-6-15(11-14)19-3/h4-6,11,13,16-17H,7-10,12H2,1-3H3. The highest BCUT2D eigenvalue weighted by atomic mass is 16.5. The van der Waals surface area contributed by atoms with E-state index in [-0.39, 0.29) is 0 Å². The highest BCUT2D eigenvalue weighted by molar-refractivity contribution is 5.30. The Balaban J connectivity index is 1.89. The molecule has 1 fully saturated rings. The minimum Gasteiger partial charge on any atom is -0.497 e. The maximum absolute atomic E-state index is 5.31. The first-order chi connectivity index (χ1) is 9.20. The van der Waals surface area contributed by atoms with Crippen molar-refractivity contribution in [2.24, 2.45) is 5.92 Å². The third kappa shape index (κ3) is 4.51. The lowest BCUT2D eigenvalue weighted by atomic mass is 10.1. The van der Waals surface area contributed by atoms with E-state index in [0.717, 1.165) is 24.8 Å². The molecule has 1 aliphatic rings. The van der Waals surface area contributed by atoms with Crippen LogP contribution in [0.2, 0.25) is 0 Å². The highest BCUT2D eigenvalue weighted by Crippen LogP contribution is 2.31. The average Bonchev–Trinajstić information content (AvgIpc) is 3.22. The van der Waals surface area contributed by atoms with E-state index in [4.69, 9.17) is 4.74 Å². The molecule has 0 bridgehead atoms. The van der Waals surface area contributed by atoms with Gasteiger partial charge in [-0.15, -0.1) is 0 Å². The Morgan fingerprint density at radius 1 is 1.37 bits per heavy atom. The first-order valence-corrected chi connectivity index (χ1v) is 7.22. The first-order valence-electron chi connectivity index (χ1n) is 7.22. The van der Waals surface area contributed by atoms with Gasteiger partial charge in [-0.05, 0) is 50.7 Å². The molecule has 1 saturated carbocycles. The Morgan fingerprint density at radius 3 is 2.79 bits per heavy atom. The van der Waals surface area contributed by atoms with E-state index >= 15 is 0 Å². The molecule has 1 N–H and O–H groups in total. The van der Waals surface area contributed by atoms with Crippen LogP contribution in [0.3, 0.4) is 0 Å². The molecular formula is C16H26N2O. The van der Waals surface area contributed by atoms with E-state index in [1.54, 1.807) is 7.11 Å². The SMILES string of the molecule is COc1cccc(C(CNCCC2CC2)N(C)C)c1. The second-order valence-electron chi connectivity index (χ2n) is 5.69. The van der Waals surface area contributed by atoms with Crippen molar-refractivity contribution < 1.29 is 4.74 Å². The van der Waals surface area contributed by atoms with Crippen molar-refractivity contribution in [3.63, 3.8) is 0 Å². The smallest absolute Gasteiger partial charge is 0.119 e. The Morgan fingerprint density at radius 2 is 2.16 bits per heavy atom. The minimum atomic E-state index is 0.398. The molecule has 3 nitrogen and oxygen atoms in total. The van der Waals surface area contributed by atoms with E-state index in [2.05, 4.69) is 42.5 Å². The number of rotatable bonds is 8. The van der Waals surface area contributed by atoms with Gasteiger partial charge in [-0.3, -0.25) is 0 Å². The zero-order chi connectivity index (χ0) is 13.7. The molecule has 0 radical (unpaired) electrons. The van der Waals surface area contributed by atoms with Crippen LogP contribution in [0.25, 0.3) is 0 Å². The van der Waals surface area contributed by atoms with Crippen LogP contribution in [-0.2, 0) is 0 Å². The summed E-state index contributed by atoms with van der Waals surface area (Å²) in [6, 6.07) is 8.77. The van der Waals surface area contributed by atoms with Gasteiger partial charge in [0.15, 0.2) is 0 Å². The quantitative estimate of drug-likeness (QED) is 0.729. The largest absolute Gasteiger partial charge is 0.497 e. The van der Waals surface area contributed by atoms with Gasteiger partial charge in [-0.2, -0.15) is 0 Å². The van der Waals surface area contributed by atoms with Crippen molar-refractivity contribution in [2.75, 3.05) is 34.3 Å². The number of ether oxygens (including phenoxy) is 1. The molecule has 1 aromatic rings. The fraction of sp³-hybridized carbons (Fsp3) is 0.625. The van der Waals surface area contributed by atoms with Gasteiger partial charge in [0.2, 0.25) is 0 Å². The fourth-order valence-corrected chi connectivity index (χ4v) is 2.40. The molecule has 106 valence electrons. The van der Waals surface area contributed by atoms with E-state index in [1.165, 1.54) is 24.8 Å². The molecule has 1 aliphatic carbocycles. The number of hydrogen-bond acceptors (Lipinski definition) is 3. The van der Waals surface area contributed by atoms with Crippen LogP contribution in [0.5, 0.6) is 5.75 Å². The zero-order valence-electron chi connectivity index (χ0n) is 12.4. The van der Waals surface area contributed by atoms with E-state index in [0.29, 0.717) is 6.04 Å². The normalized spacial score (nSPS) is 16.6. The van der Waals surface area contributed by atoms with E-state index in [9.17, 15) is 0 Å². The molecule has 1 unspecified atom stereocenters. The van der Waals surface area contributed by atoms with Gasteiger partial charge in [0.25, 0.3) is 0 Å². The van der Waals surface area contributed by atoms with Crippen LogP contribution < -0.4 is 10.1 Å². The van der Waals surface area contributed by atoms with Crippen LogP contribution in [0.1, 0.15) is 30.9 Å². The summed E-state index contributed by atoms with van der Waals surface area (Å²) in [4.78, 5) is 2.26. The molecule has 0 spiro atoms. The zero-order valence-corrected chi connectivity index (χ0v) is 12.4. The molecule has 1 atom stereocenters. The van der Waals surface area contributed by atoms with Gasteiger partial charge < -0.3 is 15.0 Å². The Bertz CT molecular complexity index is 388. The maximum atomic E-state index is 5.31. The maximum Gasteiger partial charge on any atom is 0.119 e. The summed E-state index contributed by atoms with van der Waals surface area (Å²) in [6.07, 6.45) is 4.21. The lowest BCUT2D eigenvalue weighted by Gasteiger charge is -2.25. The molecule has 0 aromatic heterocycles. The van der Waals surface area contributed by atoms with Gasteiger partial charge in [0.05, 0.1) is 7.11 Å². The molecule has 0 amide bonds. The highest BCUT2D eigenvalue weighted by Gasteiger charge is 2.20. The van der Waals surface area contributed by atoms with Crippen molar-refractivity contribution in [1.29, 1.82) is 0 Å². The van der Waals surface area contributed by atoms with Gasteiger partial charge in [-0.1, -0.05) is 25.0 Å². The summed E-state index contributed by atoms with van der Waals surface area (Å²) >= 11 is 0. The van der Waals surface area contributed by atoms with Crippen molar-refractivity contribution in [3.8, 4) is 5.75 Å². The summed E-state index contributed by atoms with van der Waals surface area (Å²) in [7, 11) is 5.98. The molecular weight excluding hydrogens is 236 g/mol. The summed E-state index contributed by atoms with van der Waals surface area (Å²) < 4.78 is 5.31. The van der Waals surface area contributed by atoms with Crippen molar-refractivity contribution in [3.05, 3.63) is 29.8 Å². The number of hydrogen-bond donors (Lipinski definition) is 1. The number of benzene rings is 1. The molecule has 2 rings (SSSR count). The summed E-state index contributed by atoms with van der Waals surface area (Å²) in [6.45, 7) is 2.13. The fourth-order valence-electron chi connectivity index (χ4n) is 2.40. The number of methoxy groups -OCH3 is 1. The second kappa shape index (κ2) is 6.92. The van der Waals surface area contributed by atoms with Crippen molar-refractivity contribution >= 4 is 0 Å². The van der Waals surface area contributed by atoms with Crippen LogP contribution in [0.4, 0.5) is 0 Å². The third-order valence-electron chi connectivity index (χ3n) is 3.87. The van der Waals surface area contributed by atoms with Crippen LogP contribution in [-0.4, -0.2) is 39.2 Å². The summed E-state index contributed by atoms with van der Waals surface area (Å²) in [5.74, 6) is 1.93. The summed E-state index contributed by atoms with van der Waals surface area (Å²) in [5.41, 5.74) is 1.31. The molecule has 1 aromatic carbocycles. The van der Waals surface area contributed by atoms with Gasteiger partial charge >= 0.3 is 0 Å². The number of likely N-dealkylation sites (N-methyl/N-ethyl adjacent to an activating group) is 1. The van der Waals surface area contributed by atoms with E-state index in [1.807, 2.05) is 6.07 Å². The number of nitrogens with zero attached hydrogens (tertiary/aromatic N) is 1. The number of nitrogens with one attached hydrogen (secondary N) is 1. The molecule has 3 heteroatoms. The Hall–Kier alpha value is -1.06. The Labute approximate surface area is 116 Å². The molecule has 0 saturated heterocycles. The van der Waals surface area contributed by atoms with Crippen LogP contribution in [0.15, 0.2) is 24.3 Å². The van der Waals surface area contributed by atoms with Crippen molar-refractivity contribution in [2.45, 2.75) is 25.3 Å². The molecule has 0 aliphatic heterocycles. The van der Waals surface area contributed by atoms with Crippen LogP contribution in [0, 0.1) is 5.92 Å². The lowest BCUT2D eigenvalue weighted by molar-refractivity contribution is 0.287. The second-order valence-corrected chi connectivity index (χ2v) is 5.69. The molecule has 19 heavy (non-hydrogen) atoms. The summed E-state index contributed by atoms with van der Waals surface area (Å²) in [5, 5.41) is 3.59. The third-order valence-corrected chi connectivity index (χ3v) is 3.87.